The fourth-order valence-electron chi connectivity index (χ4n) is 2.10. The Kier molecular flexibility index (Phi) is 6.55. The smallest absolute Gasteiger partial charge is 0.255 e. The molecule has 130 valence electrons. The Morgan fingerprint density at radius 2 is 1.91 bits per heavy atom. The lowest BCUT2D eigenvalue weighted by atomic mass is 10.2. The van der Waals surface area contributed by atoms with Crippen LogP contribution >= 0.6 is 0 Å². The molecule has 0 saturated heterocycles. The number of hydrogen-bond donors (Lipinski definition) is 1. The van der Waals surface area contributed by atoms with Gasteiger partial charge in [-0.2, -0.15) is 0 Å². The molecular formula is C15H24N2O5S. The van der Waals surface area contributed by atoms with Crippen molar-refractivity contribution in [1.29, 1.82) is 0 Å². The van der Waals surface area contributed by atoms with Crippen LogP contribution in [0.25, 0.3) is 0 Å². The molecule has 1 amide bonds. The summed E-state index contributed by atoms with van der Waals surface area (Å²) in [7, 11) is -2.02. The molecule has 0 aliphatic carbocycles. The summed E-state index contributed by atoms with van der Waals surface area (Å²) in [6, 6.07) is 4.11. The second-order valence-corrected chi connectivity index (χ2v) is 7.32. The molecule has 0 aliphatic rings. The van der Waals surface area contributed by atoms with E-state index in [-0.39, 0.29) is 33.9 Å². The number of hydrogen-bond acceptors (Lipinski definition) is 5. The first-order chi connectivity index (χ1) is 10.7. The summed E-state index contributed by atoms with van der Waals surface area (Å²) in [4.78, 5) is 12.3. The Hall–Kier alpha value is -1.64. The van der Waals surface area contributed by atoms with Crippen LogP contribution in [0.2, 0.25) is 0 Å². The molecule has 7 nitrogen and oxygen atoms in total. The Balaban J connectivity index is 2.90. The average Bonchev–Trinajstić information content (AvgIpc) is 2.52. The van der Waals surface area contributed by atoms with E-state index in [1.807, 2.05) is 0 Å². The van der Waals surface area contributed by atoms with Crippen molar-refractivity contribution in [2.45, 2.75) is 18.7 Å². The third-order valence-electron chi connectivity index (χ3n) is 3.80. The zero-order valence-electron chi connectivity index (χ0n) is 14.0. The monoisotopic (exact) mass is 344 g/mol. The van der Waals surface area contributed by atoms with E-state index in [2.05, 4.69) is 5.32 Å². The number of likely N-dealkylation sites (N-methyl/N-ethyl adjacent to an activating group) is 1. The maximum absolute atomic E-state index is 12.3. The summed E-state index contributed by atoms with van der Waals surface area (Å²) >= 11 is 0. The molecule has 0 spiro atoms. The fraction of sp³-hybridized carbons (Fsp3) is 0.533. The Bertz CT molecular complexity index is 654. The third-order valence-corrected chi connectivity index (χ3v) is 4.91. The van der Waals surface area contributed by atoms with Crippen LogP contribution in [0.15, 0.2) is 23.1 Å². The Morgan fingerprint density at radius 1 is 1.30 bits per heavy atom. The number of ether oxygens (including phenoxy) is 1. The van der Waals surface area contributed by atoms with Crippen LogP contribution in [0.5, 0.6) is 5.75 Å². The van der Waals surface area contributed by atoms with Gasteiger partial charge in [0.1, 0.15) is 5.75 Å². The van der Waals surface area contributed by atoms with E-state index in [1.54, 1.807) is 13.8 Å². The quantitative estimate of drug-likeness (QED) is 0.564. The molecule has 0 fully saturated rings. The van der Waals surface area contributed by atoms with Gasteiger partial charge in [0.05, 0.1) is 43.7 Å². The second kappa shape index (κ2) is 7.76. The highest BCUT2D eigenvalue weighted by molar-refractivity contribution is 7.90. The Labute approximate surface area is 137 Å². The zero-order valence-corrected chi connectivity index (χ0v) is 14.8. The normalized spacial score (nSPS) is 12.0. The average molecular weight is 344 g/mol. The summed E-state index contributed by atoms with van der Waals surface area (Å²) < 4.78 is 27.9. The number of methoxy groups -OCH3 is 1. The SMILES string of the molecule is CC[N+]([O-])(CC)CCNC(=O)c1cc(S(C)(=O)=O)ccc1OC. The molecule has 23 heavy (non-hydrogen) atoms. The first-order valence-electron chi connectivity index (χ1n) is 7.40. The first kappa shape index (κ1) is 19.4. The summed E-state index contributed by atoms with van der Waals surface area (Å²) in [6.45, 7) is 4.93. The van der Waals surface area contributed by atoms with E-state index in [0.717, 1.165) is 6.26 Å². The van der Waals surface area contributed by atoms with Crippen LogP contribution in [-0.4, -0.2) is 58.5 Å². The van der Waals surface area contributed by atoms with Gasteiger partial charge in [-0.3, -0.25) is 4.79 Å². The van der Waals surface area contributed by atoms with Gasteiger partial charge in [-0.05, 0) is 32.0 Å². The van der Waals surface area contributed by atoms with Crippen LogP contribution in [0.4, 0.5) is 0 Å². The van der Waals surface area contributed by atoms with Gasteiger partial charge in [-0.15, -0.1) is 0 Å². The Morgan fingerprint density at radius 3 is 2.39 bits per heavy atom. The van der Waals surface area contributed by atoms with Crippen molar-refractivity contribution in [3.8, 4) is 5.75 Å². The van der Waals surface area contributed by atoms with E-state index < -0.39 is 15.7 Å². The van der Waals surface area contributed by atoms with Gasteiger partial charge >= 0.3 is 0 Å². The minimum Gasteiger partial charge on any atom is -0.633 e. The standard InChI is InChI=1S/C15H24N2O5S/c1-5-17(19,6-2)10-9-16-15(18)13-11-12(23(4,20)21)7-8-14(13)22-3/h7-8,11H,5-6,9-10H2,1-4H3,(H,16,18). The van der Waals surface area contributed by atoms with Gasteiger partial charge in [0.15, 0.2) is 9.84 Å². The zero-order chi connectivity index (χ0) is 17.7. The predicted molar refractivity (Wildman–Crippen MR) is 88.0 cm³/mol. The van der Waals surface area contributed by atoms with E-state index in [4.69, 9.17) is 4.74 Å². The molecule has 1 aromatic carbocycles. The van der Waals surface area contributed by atoms with E-state index in [0.29, 0.717) is 13.1 Å². The molecule has 1 aromatic rings. The molecule has 0 radical (unpaired) electrons. The molecule has 0 heterocycles. The summed E-state index contributed by atoms with van der Waals surface area (Å²) in [5, 5.41) is 14.8. The van der Waals surface area contributed by atoms with Gasteiger partial charge in [0, 0.05) is 6.26 Å². The van der Waals surface area contributed by atoms with Crippen LogP contribution in [0.3, 0.4) is 0 Å². The fourth-order valence-corrected chi connectivity index (χ4v) is 2.75. The number of sulfone groups is 1. The number of nitrogens with zero attached hydrogens (tertiary/aromatic N) is 1. The molecular weight excluding hydrogens is 320 g/mol. The van der Waals surface area contributed by atoms with Gasteiger partial charge < -0.3 is 19.9 Å². The van der Waals surface area contributed by atoms with Gasteiger partial charge in [-0.1, -0.05) is 0 Å². The maximum Gasteiger partial charge on any atom is 0.255 e. The number of carbonyl (C=O) groups excluding carboxylic acids is 1. The summed E-state index contributed by atoms with van der Waals surface area (Å²) in [5.74, 6) is -0.185. The molecule has 0 saturated carbocycles. The third kappa shape index (κ3) is 5.19. The van der Waals surface area contributed by atoms with E-state index in [9.17, 15) is 18.4 Å². The van der Waals surface area contributed by atoms with Crippen LogP contribution < -0.4 is 10.1 Å². The number of carbonyl (C=O) groups is 1. The van der Waals surface area contributed by atoms with Crippen LogP contribution in [0.1, 0.15) is 24.2 Å². The molecule has 1 N–H and O–H groups in total. The van der Waals surface area contributed by atoms with Crippen LogP contribution in [0, 0.1) is 5.21 Å². The molecule has 0 bridgehead atoms. The number of nitrogens with one attached hydrogen (secondary N) is 1. The predicted octanol–water partition coefficient (Wildman–Crippen LogP) is 1.18. The summed E-state index contributed by atoms with van der Waals surface area (Å²) in [5.41, 5.74) is 0.132. The van der Waals surface area contributed by atoms with Gasteiger partial charge in [0.2, 0.25) is 0 Å². The first-order valence-corrected chi connectivity index (χ1v) is 9.29. The highest BCUT2D eigenvalue weighted by Crippen LogP contribution is 2.22. The number of amides is 1. The van der Waals surface area contributed by atoms with Crippen LogP contribution in [-0.2, 0) is 9.84 Å². The second-order valence-electron chi connectivity index (χ2n) is 5.30. The van der Waals surface area contributed by atoms with Crippen molar-refractivity contribution in [2.75, 3.05) is 39.5 Å². The lowest BCUT2D eigenvalue weighted by Crippen LogP contribution is -2.46. The van der Waals surface area contributed by atoms with Crippen molar-refractivity contribution in [1.82, 2.24) is 5.32 Å². The highest BCUT2D eigenvalue weighted by Gasteiger charge is 2.18. The highest BCUT2D eigenvalue weighted by atomic mass is 32.2. The van der Waals surface area contributed by atoms with E-state index >= 15 is 0 Å². The number of rotatable bonds is 8. The number of quaternary nitrogens is 1. The van der Waals surface area contributed by atoms with Crippen molar-refractivity contribution in [2.24, 2.45) is 0 Å². The largest absolute Gasteiger partial charge is 0.633 e. The van der Waals surface area contributed by atoms with Crippen molar-refractivity contribution in [3.05, 3.63) is 29.0 Å². The number of hydroxylamine groups is 3. The summed E-state index contributed by atoms with van der Waals surface area (Å²) in [6.07, 6.45) is 1.07. The molecule has 0 aliphatic heterocycles. The lowest BCUT2D eigenvalue weighted by molar-refractivity contribution is -0.875. The molecule has 0 unspecified atom stereocenters. The van der Waals surface area contributed by atoms with Crippen molar-refractivity contribution >= 4 is 15.7 Å². The minimum absolute atomic E-state index is 0.0412. The number of benzene rings is 1. The van der Waals surface area contributed by atoms with Gasteiger partial charge in [-0.25, -0.2) is 8.42 Å². The molecule has 0 aromatic heterocycles. The maximum atomic E-state index is 12.3. The minimum atomic E-state index is -3.42. The van der Waals surface area contributed by atoms with Crippen molar-refractivity contribution < 1.29 is 22.6 Å². The molecule has 8 heteroatoms. The van der Waals surface area contributed by atoms with Gasteiger partial charge in [0.25, 0.3) is 5.91 Å². The molecule has 1 rings (SSSR count). The molecule has 0 atom stereocenters. The van der Waals surface area contributed by atoms with E-state index in [1.165, 1.54) is 25.3 Å². The van der Waals surface area contributed by atoms with Crippen molar-refractivity contribution in [3.63, 3.8) is 0 Å². The topological polar surface area (TPSA) is 95.5 Å². The lowest BCUT2D eigenvalue weighted by Gasteiger charge is -2.41.